The van der Waals surface area contributed by atoms with Crippen LogP contribution in [0.25, 0.3) is 0 Å². The maximum Gasteiger partial charge on any atom is 0.549 e. The highest BCUT2D eigenvalue weighted by atomic mass is 35.5. The quantitative estimate of drug-likeness (QED) is 0.348. The number of alkyl halides is 1. The summed E-state index contributed by atoms with van der Waals surface area (Å²) in [5.41, 5.74) is 0. The van der Waals surface area contributed by atoms with Crippen LogP contribution in [0.3, 0.4) is 0 Å². The van der Waals surface area contributed by atoms with E-state index < -0.39 is 6.16 Å². The first-order chi connectivity index (χ1) is 4.27. The fraction of sp³-hybridized carbons (Fsp3) is 0.800. The van der Waals surface area contributed by atoms with Crippen molar-refractivity contribution in [3.63, 3.8) is 0 Å². The van der Waals surface area contributed by atoms with Gasteiger partial charge in [-0.15, -0.1) is 11.6 Å². The zero-order valence-corrected chi connectivity index (χ0v) is 5.69. The molecule has 0 aliphatic rings. The highest BCUT2D eigenvalue weighted by Crippen LogP contribution is 1.92. The van der Waals surface area contributed by atoms with Crippen LogP contribution in [0.5, 0.6) is 0 Å². The fourth-order valence-electron chi connectivity index (χ4n) is 0.352. The number of ether oxygens (including phenoxy) is 1. The number of carbonyl (C=O) groups is 1. The minimum Gasteiger partial charge on any atom is -0.432 e. The zero-order valence-electron chi connectivity index (χ0n) is 4.93. The molecule has 0 atom stereocenters. The van der Waals surface area contributed by atoms with Crippen molar-refractivity contribution in [3.8, 4) is 0 Å². The van der Waals surface area contributed by atoms with Crippen LogP contribution in [0, 0.1) is 0 Å². The van der Waals surface area contributed by atoms with Crippen molar-refractivity contribution >= 4 is 17.8 Å². The average Bonchev–Trinajstić information content (AvgIpc) is 1.80. The third kappa shape index (κ3) is 7.56. The molecule has 0 fully saturated rings. The van der Waals surface area contributed by atoms with Gasteiger partial charge in [-0.1, -0.05) is 0 Å². The van der Waals surface area contributed by atoms with Gasteiger partial charge in [-0.25, -0.2) is 0 Å². The molecule has 0 spiro atoms. The molecular weight excluding hydrogens is 144 g/mol. The summed E-state index contributed by atoms with van der Waals surface area (Å²) in [7, 11) is 0. The van der Waals surface area contributed by atoms with Gasteiger partial charge in [-0.05, 0) is 12.8 Å². The number of hydrogen-bond acceptors (Lipinski definition) is 2. The molecule has 0 aromatic carbocycles. The highest BCUT2D eigenvalue weighted by molar-refractivity contribution is 6.17. The summed E-state index contributed by atoms with van der Waals surface area (Å²) in [6.45, 7) is 0.190. The minimum absolute atomic E-state index is 0.190. The molecule has 0 aromatic heterocycles. The Morgan fingerprint density at radius 2 is 2.11 bits per heavy atom. The fourth-order valence-corrected chi connectivity index (χ4v) is 0.541. The van der Waals surface area contributed by atoms with Crippen LogP contribution in [0.15, 0.2) is 0 Å². The molecule has 0 amide bonds. The maximum absolute atomic E-state index is 9.60. The van der Waals surface area contributed by atoms with Crippen molar-refractivity contribution in [2.75, 3.05) is 12.5 Å². The Hall–Kier alpha value is -0.440. The average molecular weight is 152 g/mol. The Balaban J connectivity index is 2.83. The van der Waals surface area contributed by atoms with Gasteiger partial charge in [0, 0.05) is 5.88 Å². The van der Waals surface area contributed by atoms with Crippen LogP contribution in [0.2, 0.25) is 0 Å². The lowest BCUT2D eigenvalue weighted by atomic mass is 10.4. The van der Waals surface area contributed by atoms with E-state index in [1.807, 2.05) is 0 Å². The Bertz CT molecular complexity index is 84.3. The molecule has 9 heavy (non-hydrogen) atoms. The van der Waals surface area contributed by atoms with Crippen LogP contribution in [-0.4, -0.2) is 18.6 Å². The Labute approximate surface area is 58.6 Å². The van der Waals surface area contributed by atoms with E-state index in [1.54, 1.807) is 0 Å². The second-order valence-corrected chi connectivity index (χ2v) is 1.87. The van der Waals surface area contributed by atoms with E-state index in [2.05, 4.69) is 4.74 Å². The van der Waals surface area contributed by atoms with Gasteiger partial charge in [0.2, 0.25) is 0 Å². The van der Waals surface area contributed by atoms with Gasteiger partial charge >= 0.3 is 6.16 Å². The first kappa shape index (κ1) is 8.56. The van der Waals surface area contributed by atoms with E-state index in [0.717, 1.165) is 6.42 Å². The third-order valence-electron chi connectivity index (χ3n) is 0.748. The summed E-state index contributed by atoms with van der Waals surface area (Å²) in [5, 5.41) is 9.60. The van der Waals surface area contributed by atoms with E-state index >= 15 is 0 Å². The number of hydrogen-bond donors (Lipinski definition) is 0. The van der Waals surface area contributed by atoms with Crippen LogP contribution in [-0.2, 0) is 9.84 Å². The van der Waals surface area contributed by atoms with E-state index in [4.69, 9.17) is 11.6 Å². The predicted octanol–water partition coefficient (Wildman–Crippen LogP) is 1.57. The molecule has 0 aromatic rings. The van der Waals surface area contributed by atoms with Crippen molar-refractivity contribution in [2.45, 2.75) is 12.8 Å². The standard InChI is InChI=1S/C5H8ClO3/c6-3-1-2-4-9-5(7)8/h1-4H2. The molecule has 0 saturated heterocycles. The Morgan fingerprint density at radius 3 is 2.56 bits per heavy atom. The van der Waals surface area contributed by atoms with Gasteiger partial charge in [-0.3, -0.25) is 0 Å². The van der Waals surface area contributed by atoms with Crippen LogP contribution in [0.1, 0.15) is 12.8 Å². The summed E-state index contributed by atoms with van der Waals surface area (Å²) >= 11 is 5.30. The summed E-state index contributed by atoms with van der Waals surface area (Å²) in [6.07, 6.45) is -0.0312. The molecule has 0 bridgehead atoms. The van der Waals surface area contributed by atoms with Gasteiger partial charge in [0.15, 0.2) is 0 Å². The van der Waals surface area contributed by atoms with Gasteiger partial charge < -0.3 is 4.74 Å². The van der Waals surface area contributed by atoms with Crippen molar-refractivity contribution < 1.29 is 14.6 Å². The molecule has 0 heterocycles. The molecule has 0 saturated carbocycles. The zero-order chi connectivity index (χ0) is 7.11. The lowest BCUT2D eigenvalue weighted by Crippen LogP contribution is -1.99. The molecule has 0 rings (SSSR count). The van der Waals surface area contributed by atoms with Crippen molar-refractivity contribution in [1.29, 1.82) is 0 Å². The number of unbranched alkanes of at least 4 members (excludes halogenated alkanes) is 1. The number of carbonyl (C=O) groups excluding carboxylic acids is 1. The van der Waals surface area contributed by atoms with Gasteiger partial charge in [0.25, 0.3) is 0 Å². The second-order valence-electron chi connectivity index (χ2n) is 1.49. The summed E-state index contributed by atoms with van der Waals surface area (Å²) < 4.78 is 4.09. The number of halogens is 1. The largest absolute Gasteiger partial charge is 0.549 e. The minimum atomic E-state index is -1.47. The van der Waals surface area contributed by atoms with Gasteiger partial charge in [0.05, 0.1) is 6.61 Å². The molecule has 0 N–H and O–H groups in total. The molecular formula is C5H8ClO3. The van der Waals surface area contributed by atoms with E-state index in [-0.39, 0.29) is 6.61 Å². The van der Waals surface area contributed by atoms with E-state index in [0.29, 0.717) is 12.3 Å². The van der Waals surface area contributed by atoms with E-state index in [9.17, 15) is 9.90 Å². The first-order valence-corrected chi connectivity index (χ1v) is 3.20. The van der Waals surface area contributed by atoms with Crippen molar-refractivity contribution in [2.24, 2.45) is 0 Å². The summed E-state index contributed by atoms with van der Waals surface area (Å²) in [6, 6.07) is 0. The Kier molecular flexibility index (Phi) is 5.41. The number of rotatable bonds is 4. The SMILES string of the molecule is [O]C(=O)OCCCCCl. The second kappa shape index (κ2) is 5.69. The lowest BCUT2D eigenvalue weighted by Gasteiger charge is -1.94. The molecule has 0 aliphatic carbocycles. The monoisotopic (exact) mass is 151 g/mol. The summed E-state index contributed by atoms with van der Waals surface area (Å²) in [5.74, 6) is 0.538. The topological polar surface area (TPSA) is 46.2 Å². The van der Waals surface area contributed by atoms with Crippen LogP contribution < -0.4 is 0 Å². The molecule has 3 nitrogen and oxygen atoms in total. The first-order valence-electron chi connectivity index (χ1n) is 2.67. The Morgan fingerprint density at radius 1 is 1.44 bits per heavy atom. The molecule has 0 aliphatic heterocycles. The third-order valence-corrected chi connectivity index (χ3v) is 1.02. The van der Waals surface area contributed by atoms with Crippen LogP contribution in [0.4, 0.5) is 4.79 Å². The van der Waals surface area contributed by atoms with Crippen molar-refractivity contribution in [3.05, 3.63) is 0 Å². The van der Waals surface area contributed by atoms with Crippen LogP contribution >= 0.6 is 11.6 Å². The maximum atomic E-state index is 9.60. The molecule has 4 heteroatoms. The van der Waals surface area contributed by atoms with Gasteiger partial charge in [0.1, 0.15) is 0 Å². The summed E-state index contributed by atoms with van der Waals surface area (Å²) in [4.78, 5) is 9.60. The van der Waals surface area contributed by atoms with E-state index in [1.165, 1.54) is 0 Å². The lowest BCUT2D eigenvalue weighted by molar-refractivity contribution is 0.0669. The smallest absolute Gasteiger partial charge is 0.432 e. The molecule has 0 unspecified atom stereocenters. The highest BCUT2D eigenvalue weighted by Gasteiger charge is 1.96. The molecule has 1 radical (unpaired) electrons. The molecule has 53 valence electrons. The normalized spacial score (nSPS) is 9.00. The van der Waals surface area contributed by atoms with Crippen molar-refractivity contribution in [1.82, 2.24) is 0 Å². The predicted molar refractivity (Wildman–Crippen MR) is 32.0 cm³/mol. The van der Waals surface area contributed by atoms with Gasteiger partial charge in [-0.2, -0.15) is 9.90 Å².